The first-order chi connectivity index (χ1) is 12.0. The van der Waals surface area contributed by atoms with Crippen molar-refractivity contribution in [2.75, 3.05) is 5.32 Å². The Labute approximate surface area is 163 Å². The molecule has 0 saturated heterocycles. The zero-order valence-corrected chi connectivity index (χ0v) is 17.2. The lowest BCUT2D eigenvalue weighted by atomic mass is 10.2. The number of aryl methyl sites for hydroxylation is 1. The smallest absolute Gasteiger partial charge is 0.186 e. The first-order valence-corrected chi connectivity index (χ1v) is 9.48. The molecule has 0 unspecified atom stereocenters. The van der Waals surface area contributed by atoms with Gasteiger partial charge in [-0.15, -0.1) is 12.4 Å². The van der Waals surface area contributed by atoms with E-state index in [1.807, 2.05) is 13.8 Å². The fraction of sp³-hybridized carbons (Fsp3) is 0.353. The summed E-state index contributed by atoms with van der Waals surface area (Å²) in [5.41, 5.74) is 2.10. The van der Waals surface area contributed by atoms with E-state index in [1.165, 1.54) is 33.2 Å². The molecule has 0 aliphatic rings. The van der Waals surface area contributed by atoms with Gasteiger partial charge >= 0.3 is 0 Å². The van der Waals surface area contributed by atoms with Gasteiger partial charge in [0.2, 0.25) is 0 Å². The van der Waals surface area contributed by atoms with Crippen LogP contribution in [-0.4, -0.2) is 33.3 Å². The fourth-order valence-corrected chi connectivity index (χ4v) is 3.66. The summed E-state index contributed by atoms with van der Waals surface area (Å²) in [5.74, 6) is 0.0888. The molecule has 7 nitrogen and oxygen atoms in total. The second-order valence-electron chi connectivity index (χ2n) is 7.09. The lowest BCUT2D eigenvalue weighted by Crippen LogP contribution is -2.28. The number of anilines is 2. The molecule has 1 aromatic carbocycles. The van der Waals surface area contributed by atoms with Gasteiger partial charge in [-0.3, -0.25) is 5.10 Å². The molecule has 2 N–H and O–H groups in total. The Bertz CT molecular complexity index is 1110. The van der Waals surface area contributed by atoms with Crippen molar-refractivity contribution in [1.29, 1.82) is 0 Å². The molecular weight excluding hydrogens is 393 g/mol. The molecule has 0 spiro atoms. The average molecular weight is 414 g/mol. The van der Waals surface area contributed by atoms with Crippen LogP contribution < -0.4 is 5.32 Å². The number of hydrogen-bond acceptors (Lipinski definition) is 6. The molecule has 10 heteroatoms. The number of aromatic nitrogens is 4. The maximum atomic E-state index is 14.5. The number of fused-ring (bicyclic) bond motifs is 1. The number of aromatic amines is 1. The van der Waals surface area contributed by atoms with Gasteiger partial charge in [0.05, 0.1) is 10.3 Å². The summed E-state index contributed by atoms with van der Waals surface area (Å²) in [5, 5.41) is 10.5. The summed E-state index contributed by atoms with van der Waals surface area (Å²) < 4.78 is 38.8. The van der Waals surface area contributed by atoms with Crippen LogP contribution in [0.15, 0.2) is 23.4 Å². The number of nitrogens with zero attached hydrogens (tertiary/aromatic N) is 3. The van der Waals surface area contributed by atoms with Crippen molar-refractivity contribution < 1.29 is 12.8 Å². The lowest BCUT2D eigenvalue weighted by molar-refractivity contribution is 0.542. The molecule has 2 heterocycles. The maximum Gasteiger partial charge on any atom is 0.186 e. The van der Waals surface area contributed by atoms with E-state index in [9.17, 15) is 12.8 Å². The third kappa shape index (κ3) is 3.61. The molecule has 0 atom stereocenters. The summed E-state index contributed by atoms with van der Waals surface area (Å²) in [6, 6.07) is 2.39. The van der Waals surface area contributed by atoms with Gasteiger partial charge in [-0.05, 0) is 40.7 Å². The van der Waals surface area contributed by atoms with E-state index in [0.717, 1.165) is 17.3 Å². The predicted octanol–water partition coefficient (Wildman–Crippen LogP) is 3.85. The van der Waals surface area contributed by atoms with Crippen molar-refractivity contribution in [3.05, 3.63) is 35.5 Å². The van der Waals surface area contributed by atoms with Crippen molar-refractivity contribution in [2.24, 2.45) is 0 Å². The maximum absolute atomic E-state index is 14.5. The largest absolute Gasteiger partial charge is 0.323 e. The second kappa shape index (κ2) is 7.05. The van der Waals surface area contributed by atoms with Crippen molar-refractivity contribution in [2.45, 2.75) is 44.3 Å². The average Bonchev–Trinajstić information content (AvgIpc) is 2.85. The number of sulfone groups is 1. The zero-order valence-electron chi connectivity index (χ0n) is 15.6. The third-order valence-electron chi connectivity index (χ3n) is 4.27. The Kier molecular flexibility index (Phi) is 5.49. The van der Waals surface area contributed by atoms with Gasteiger partial charge in [0.15, 0.2) is 15.7 Å². The van der Waals surface area contributed by atoms with Crippen molar-refractivity contribution >= 4 is 44.8 Å². The summed E-state index contributed by atoms with van der Waals surface area (Å²) in [6.45, 7) is 8.36. The van der Waals surface area contributed by atoms with Crippen LogP contribution in [-0.2, 0) is 9.84 Å². The molecule has 0 saturated carbocycles. The van der Waals surface area contributed by atoms with Crippen LogP contribution in [0.25, 0.3) is 10.9 Å². The van der Waals surface area contributed by atoms with Crippen LogP contribution in [0, 0.1) is 19.7 Å². The van der Waals surface area contributed by atoms with Gasteiger partial charge in [0, 0.05) is 22.7 Å². The van der Waals surface area contributed by atoms with Crippen LogP contribution in [0.2, 0.25) is 0 Å². The molecule has 0 bridgehead atoms. The van der Waals surface area contributed by atoms with E-state index >= 15 is 0 Å². The Hall–Kier alpha value is -2.26. The van der Waals surface area contributed by atoms with E-state index in [2.05, 4.69) is 25.5 Å². The van der Waals surface area contributed by atoms with Crippen molar-refractivity contribution in [3.63, 3.8) is 0 Å². The van der Waals surface area contributed by atoms with Crippen molar-refractivity contribution in [1.82, 2.24) is 20.2 Å². The summed E-state index contributed by atoms with van der Waals surface area (Å²) in [7, 11) is -3.87. The van der Waals surface area contributed by atoms with E-state index in [-0.39, 0.29) is 17.3 Å². The highest BCUT2D eigenvalue weighted by atomic mass is 35.5. The minimum Gasteiger partial charge on any atom is -0.323 e. The first-order valence-electron chi connectivity index (χ1n) is 8.00. The molecule has 2 aromatic heterocycles. The SMILES string of the molecule is Cc1[nH]nc(Nc2ncnc3cc(F)c(S(=O)(=O)C(C)(C)C)cc23)c1C.Cl. The Balaban J connectivity index is 0.00000261. The van der Waals surface area contributed by atoms with Crippen molar-refractivity contribution in [3.8, 4) is 0 Å². The highest BCUT2D eigenvalue weighted by Crippen LogP contribution is 2.32. The first kappa shape index (κ1) is 21.0. The number of H-pyrrole nitrogens is 1. The minimum absolute atomic E-state index is 0. The molecule has 0 radical (unpaired) electrons. The third-order valence-corrected chi connectivity index (χ3v) is 6.78. The highest BCUT2D eigenvalue weighted by molar-refractivity contribution is 7.92. The zero-order chi connectivity index (χ0) is 19.3. The van der Waals surface area contributed by atoms with E-state index in [4.69, 9.17) is 0 Å². The van der Waals surface area contributed by atoms with E-state index in [0.29, 0.717) is 22.5 Å². The van der Waals surface area contributed by atoms with E-state index in [1.54, 1.807) is 0 Å². The topological polar surface area (TPSA) is 101 Å². The second-order valence-corrected chi connectivity index (χ2v) is 9.76. The minimum atomic E-state index is -3.87. The molecular formula is C17H21ClFN5O2S. The van der Waals surface area contributed by atoms with E-state index < -0.39 is 20.4 Å². The predicted molar refractivity (Wildman–Crippen MR) is 105 cm³/mol. The van der Waals surface area contributed by atoms with Gasteiger partial charge < -0.3 is 5.32 Å². The molecule has 146 valence electrons. The van der Waals surface area contributed by atoms with Crippen LogP contribution in [0.1, 0.15) is 32.0 Å². The number of nitrogens with one attached hydrogen (secondary N) is 2. The summed E-state index contributed by atoms with van der Waals surface area (Å²) >= 11 is 0. The van der Waals surface area contributed by atoms with Gasteiger partial charge in [-0.2, -0.15) is 5.10 Å². The van der Waals surface area contributed by atoms with Crippen LogP contribution in [0.3, 0.4) is 0 Å². The number of benzene rings is 1. The molecule has 27 heavy (non-hydrogen) atoms. The van der Waals surface area contributed by atoms with Crippen LogP contribution in [0.5, 0.6) is 0 Å². The monoisotopic (exact) mass is 413 g/mol. The van der Waals surface area contributed by atoms with Gasteiger partial charge in [-0.1, -0.05) is 0 Å². The Morgan fingerprint density at radius 3 is 2.33 bits per heavy atom. The standard InChI is InChI=1S/C17H20FN5O2S.ClH/c1-9-10(2)22-23-15(9)21-16-11-6-14(26(24,25)17(3,4)5)12(18)7-13(11)19-8-20-16;/h6-8H,1-5H3,(H2,19,20,21,22,23);1H. The molecule has 0 aliphatic carbocycles. The number of rotatable bonds is 3. The normalized spacial score (nSPS) is 12.1. The Morgan fingerprint density at radius 1 is 1.11 bits per heavy atom. The fourth-order valence-electron chi connectivity index (χ4n) is 2.41. The molecule has 0 amide bonds. The Morgan fingerprint density at radius 2 is 1.78 bits per heavy atom. The van der Waals surface area contributed by atoms with Gasteiger partial charge in [-0.25, -0.2) is 22.8 Å². The van der Waals surface area contributed by atoms with Gasteiger partial charge in [0.25, 0.3) is 0 Å². The summed E-state index contributed by atoms with van der Waals surface area (Å²) in [4.78, 5) is 7.85. The van der Waals surface area contributed by atoms with Gasteiger partial charge in [0.1, 0.15) is 22.9 Å². The number of hydrogen-bond donors (Lipinski definition) is 2. The highest BCUT2D eigenvalue weighted by Gasteiger charge is 2.33. The summed E-state index contributed by atoms with van der Waals surface area (Å²) in [6.07, 6.45) is 1.29. The quantitative estimate of drug-likeness (QED) is 0.676. The lowest BCUT2D eigenvalue weighted by Gasteiger charge is -2.20. The molecule has 0 fully saturated rings. The molecule has 0 aliphatic heterocycles. The molecule has 3 aromatic rings. The number of halogens is 2. The van der Waals surface area contributed by atoms with Crippen LogP contribution >= 0.6 is 12.4 Å². The molecule has 3 rings (SSSR count). The van der Waals surface area contributed by atoms with Crippen LogP contribution in [0.4, 0.5) is 16.0 Å².